The Labute approximate surface area is 70.8 Å². The van der Waals surface area contributed by atoms with Crippen LogP contribution in [0.2, 0.25) is 0 Å². The van der Waals surface area contributed by atoms with Crippen LogP contribution in [0.25, 0.3) is 0 Å². The Morgan fingerprint density at radius 3 is 2.00 bits per heavy atom. The molecule has 0 aliphatic rings. The number of rotatable bonds is 3. The van der Waals surface area contributed by atoms with Crippen molar-refractivity contribution in [2.75, 3.05) is 7.11 Å². The fourth-order valence-corrected chi connectivity index (χ4v) is 0.668. The number of allylic oxidation sites excluding steroid dienone is 3. The summed E-state index contributed by atoms with van der Waals surface area (Å²) in [5.74, 6) is 0.965. The number of hydrogen-bond acceptors (Lipinski definition) is 1. The highest BCUT2D eigenvalue weighted by molar-refractivity contribution is 5.18. The van der Waals surface area contributed by atoms with Crippen molar-refractivity contribution in [3.63, 3.8) is 0 Å². The minimum Gasteiger partial charge on any atom is -0.501 e. The quantitative estimate of drug-likeness (QED) is 0.448. The first-order valence-electron chi connectivity index (χ1n) is 4.12. The van der Waals surface area contributed by atoms with Crippen LogP contribution in [0, 0.1) is 0 Å². The first kappa shape index (κ1) is 12.9. The van der Waals surface area contributed by atoms with Crippen LogP contribution in [0.4, 0.5) is 0 Å². The molecule has 0 unspecified atom stereocenters. The van der Waals surface area contributed by atoms with Crippen molar-refractivity contribution >= 4 is 0 Å². The van der Waals surface area contributed by atoms with Crippen molar-refractivity contribution in [2.45, 2.75) is 34.1 Å². The molecule has 0 amide bonds. The van der Waals surface area contributed by atoms with E-state index in [-0.39, 0.29) is 0 Å². The lowest BCUT2D eigenvalue weighted by Gasteiger charge is -2.02. The third-order valence-corrected chi connectivity index (χ3v) is 1.39. The van der Waals surface area contributed by atoms with Crippen molar-refractivity contribution in [1.29, 1.82) is 0 Å². The van der Waals surface area contributed by atoms with Gasteiger partial charge >= 0.3 is 0 Å². The Hall–Kier alpha value is -0.720. The van der Waals surface area contributed by atoms with Crippen molar-refractivity contribution in [2.24, 2.45) is 0 Å². The highest BCUT2D eigenvalue weighted by Crippen LogP contribution is 2.08. The second-order valence-electron chi connectivity index (χ2n) is 1.84. The second kappa shape index (κ2) is 9.28. The van der Waals surface area contributed by atoms with Crippen LogP contribution >= 0.6 is 0 Å². The molecule has 0 N–H and O–H groups in total. The Balaban J connectivity index is 0. The van der Waals surface area contributed by atoms with Gasteiger partial charge in [0, 0.05) is 0 Å². The van der Waals surface area contributed by atoms with E-state index < -0.39 is 0 Å². The molecule has 0 aromatic rings. The van der Waals surface area contributed by atoms with Crippen LogP contribution in [0.5, 0.6) is 0 Å². The van der Waals surface area contributed by atoms with Gasteiger partial charge in [0.05, 0.1) is 12.9 Å². The largest absolute Gasteiger partial charge is 0.501 e. The van der Waals surface area contributed by atoms with Gasteiger partial charge in [0.25, 0.3) is 0 Å². The molecule has 0 aromatic heterocycles. The zero-order valence-corrected chi connectivity index (χ0v) is 8.40. The SMILES string of the molecule is C=C/C(CC)=C(/C)OC.CC. The molecule has 0 saturated carbocycles. The summed E-state index contributed by atoms with van der Waals surface area (Å²) in [6, 6.07) is 0. The van der Waals surface area contributed by atoms with Gasteiger partial charge in [0.15, 0.2) is 0 Å². The molecule has 0 aliphatic heterocycles. The number of methoxy groups -OCH3 is 1. The van der Waals surface area contributed by atoms with Crippen molar-refractivity contribution in [3.05, 3.63) is 24.0 Å². The number of hydrogen-bond donors (Lipinski definition) is 0. The van der Waals surface area contributed by atoms with E-state index in [1.54, 1.807) is 7.11 Å². The molecule has 0 saturated heterocycles. The van der Waals surface area contributed by atoms with Crippen LogP contribution in [0.1, 0.15) is 34.1 Å². The van der Waals surface area contributed by atoms with E-state index in [0.29, 0.717) is 0 Å². The summed E-state index contributed by atoms with van der Waals surface area (Å²) >= 11 is 0. The van der Waals surface area contributed by atoms with Crippen LogP contribution in [-0.4, -0.2) is 7.11 Å². The molecule has 0 aromatic carbocycles. The maximum Gasteiger partial charge on any atom is 0.0956 e. The van der Waals surface area contributed by atoms with Gasteiger partial charge in [-0.1, -0.05) is 33.4 Å². The minimum absolute atomic E-state index is 0.965. The van der Waals surface area contributed by atoms with Gasteiger partial charge in [-0.05, 0) is 18.9 Å². The van der Waals surface area contributed by atoms with Gasteiger partial charge in [-0.2, -0.15) is 0 Å². The van der Waals surface area contributed by atoms with Gasteiger partial charge in [-0.15, -0.1) is 0 Å². The lowest BCUT2D eigenvalue weighted by atomic mass is 10.2. The van der Waals surface area contributed by atoms with E-state index in [0.717, 1.165) is 12.2 Å². The van der Waals surface area contributed by atoms with Crippen molar-refractivity contribution < 1.29 is 4.74 Å². The van der Waals surface area contributed by atoms with Gasteiger partial charge < -0.3 is 4.74 Å². The molecule has 0 heterocycles. The molecule has 1 heteroatoms. The normalized spacial score (nSPS) is 10.6. The highest BCUT2D eigenvalue weighted by Gasteiger charge is 1.92. The molecule has 0 bridgehead atoms. The summed E-state index contributed by atoms with van der Waals surface area (Å²) in [5, 5.41) is 0. The standard InChI is InChI=1S/C8H14O.C2H6/c1-5-8(6-2)7(3)9-4;1-2/h5H,1,6H2,2-4H3;1-2H3/b8-7+;. The molecule has 0 radical (unpaired) electrons. The molecular weight excluding hydrogens is 136 g/mol. The fourth-order valence-electron chi connectivity index (χ4n) is 0.668. The van der Waals surface area contributed by atoms with Gasteiger partial charge in [-0.3, -0.25) is 0 Å². The van der Waals surface area contributed by atoms with Crippen LogP contribution in [0.15, 0.2) is 24.0 Å². The maximum atomic E-state index is 5.00. The highest BCUT2D eigenvalue weighted by atomic mass is 16.5. The van der Waals surface area contributed by atoms with Gasteiger partial charge in [-0.25, -0.2) is 0 Å². The lowest BCUT2D eigenvalue weighted by molar-refractivity contribution is 0.289. The monoisotopic (exact) mass is 156 g/mol. The molecule has 11 heavy (non-hydrogen) atoms. The first-order chi connectivity index (χ1) is 5.26. The average Bonchev–Trinajstić information content (AvgIpc) is 2.10. The Morgan fingerprint density at radius 2 is 1.91 bits per heavy atom. The maximum absolute atomic E-state index is 5.00. The predicted molar refractivity (Wildman–Crippen MR) is 51.5 cm³/mol. The first-order valence-corrected chi connectivity index (χ1v) is 4.12. The molecule has 0 rings (SSSR count). The Morgan fingerprint density at radius 1 is 1.45 bits per heavy atom. The summed E-state index contributed by atoms with van der Waals surface area (Å²) in [6.45, 7) is 11.7. The van der Waals surface area contributed by atoms with Crippen molar-refractivity contribution in [3.8, 4) is 0 Å². The third kappa shape index (κ3) is 5.71. The molecule has 0 atom stereocenters. The van der Waals surface area contributed by atoms with Crippen molar-refractivity contribution in [1.82, 2.24) is 0 Å². The van der Waals surface area contributed by atoms with Gasteiger partial charge in [0.1, 0.15) is 0 Å². The fraction of sp³-hybridized carbons (Fsp3) is 0.600. The van der Waals surface area contributed by atoms with Crippen LogP contribution < -0.4 is 0 Å². The summed E-state index contributed by atoms with van der Waals surface area (Å²) < 4.78 is 5.00. The molecule has 0 spiro atoms. The second-order valence-corrected chi connectivity index (χ2v) is 1.84. The minimum atomic E-state index is 0.965. The van der Waals surface area contributed by atoms with Gasteiger partial charge in [0.2, 0.25) is 0 Å². The Bertz CT molecular complexity index is 123. The van der Waals surface area contributed by atoms with E-state index in [4.69, 9.17) is 4.74 Å². The third-order valence-electron chi connectivity index (χ3n) is 1.39. The Kier molecular flexibility index (Phi) is 10.9. The molecular formula is C10H20O. The molecule has 0 aliphatic carbocycles. The summed E-state index contributed by atoms with van der Waals surface area (Å²) in [7, 11) is 1.68. The van der Waals surface area contributed by atoms with E-state index in [1.165, 1.54) is 5.57 Å². The number of ether oxygens (including phenoxy) is 1. The summed E-state index contributed by atoms with van der Waals surface area (Å²) in [4.78, 5) is 0. The van der Waals surface area contributed by atoms with Crippen LogP contribution in [0.3, 0.4) is 0 Å². The topological polar surface area (TPSA) is 9.23 Å². The zero-order chi connectivity index (χ0) is 9.28. The lowest BCUT2D eigenvalue weighted by Crippen LogP contribution is -1.85. The smallest absolute Gasteiger partial charge is 0.0956 e. The molecule has 66 valence electrons. The average molecular weight is 156 g/mol. The zero-order valence-electron chi connectivity index (χ0n) is 8.40. The van der Waals surface area contributed by atoms with E-state index >= 15 is 0 Å². The van der Waals surface area contributed by atoms with Crippen LogP contribution in [-0.2, 0) is 4.74 Å². The van der Waals surface area contributed by atoms with E-state index in [1.807, 2.05) is 26.8 Å². The van der Waals surface area contributed by atoms with E-state index in [2.05, 4.69) is 13.5 Å². The summed E-state index contributed by atoms with van der Waals surface area (Å²) in [5.41, 5.74) is 1.18. The predicted octanol–water partition coefficient (Wildman–Crippen LogP) is 3.53. The molecule has 1 nitrogen and oxygen atoms in total. The summed E-state index contributed by atoms with van der Waals surface area (Å²) in [6.07, 6.45) is 2.82. The molecule has 0 fully saturated rings. The van der Waals surface area contributed by atoms with E-state index in [9.17, 15) is 0 Å².